The first-order chi connectivity index (χ1) is 16.5. The van der Waals surface area contributed by atoms with Gasteiger partial charge in [0.05, 0.1) is 18.3 Å². The summed E-state index contributed by atoms with van der Waals surface area (Å²) >= 11 is 1.50. The summed E-state index contributed by atoms with van der Waals surface area (Å²) in [5, 5.41) is 31.3. The molecule has 2 aromatic carbocycles. The van der Waals surface area contributed by atoms with Crippen molar-refractivity contribution in [2.75, 3.05) is 0 Å². The fraction of sp³-hybridized carbons (Fsp3) is 0.385. The Morgan fingerprint density at radius 1 is 1.03 bits per heavy atom. The van der Waals surface area contributed by atoms with Gasteiger partial charge in [0.1, 0.15) is 18.3 Å². The molecule has 1 spiro atoms. The van der Waals surface area contributed by atoms with Gasteiger partial charge in [-0.25, -0.2) is 0 Å². The van der Waals surface area contributed by atoms with Gasteiger partial charge in [-0.3, -0.25) is 0 Å². The van der Waals surface area contributed by atoms with Crippen LogP contribution in [-0.4, -0.2) is 39.7 Å². The molecule has 9 heteroatoms. The number of rotatable bonds is 3. The van der Waals surface area contributed by atoms with E-state index in [1.54, 1.807) is 6.92 Å². The second-order valence-corrected chi connectivity index (χ2v) is 10.3. The van der Waals surface area contributed by atoms with Gasteiger partial charge in [0.2, 0.25) is 5.79 Å². The van der Waals surface area contributed by atoms with Crippen molar-refractivity contribution in [3.05, 3.63) is 81.2 Å². The third kappa shape index (κ3) is 4.20. The summed E-state index contributed by atoms with van der Waals surface area (Å²) in [5.41, 5.74) is 3.50. The predicted octanol–water partition coefficient (Wildman–Crippen LogP) is 4.52. The number of ether oxygens (including phenoxy) is 2. The summed E-state index contributed by atoms with van der Waals surface area (Å²) in [4.78, 5) is 1.88. The Hall–Kier alpha value is -2.27. The number of alkyl halides is 3. The van der Waals surface area contributed by atoms with Crippen LogP contribution in [0, 0.1) is 6.92 Å². The standard InChI is InChI=1S/C26H25F3O5S/c1-13-9-17-12-33-25(24(32)23(31)22(30)14(2)34-25)20(17)11-16(13)10-19-7-8-21(35-19)15-3-5-18(6-4-15)26(27,28)29/h3-9,11,14,22-24,30-32H,10,12H2,1-2H3/t14-,22-,23+,24-,25+/m1/s1. The van der Waals surface area contributed by atoms with Gasteiger partial charge in [-0.15, -0.1) is 11.3 Å². The third-order valence-electron chi connectivity index (χ3n) is 6.81. The molecule has 0 unspecified atom stereocenters. The molecule has 5 nitrogen and oxygen atoms in total. The van der Waals surface area contributed by atoms with E-state index in [0.29, 0.717) is 17.5 Å². The Kier molecular flexibility index (Phi) is 6.06. The maximum absolute atomic E-state index is 12.9. The van der Waals surface area contributed by atoms with Crippen molar-refractivity contribution in [3.63, 3.8) is 0 Å². The van der Waals surface area contributed by atoms with E-state index in [1.165, 1.54) is 23.5 Å². The molecule has 35 heavy (non-hydrogen) atoms. The van der Waals surface area contributed by atoms with Crippen LogP contribution in [0.3, 0.4) is 0 Å². The SMILES string of the molecule is Cc1cc2c(cc1Cc1ccc(-c3ccc(C(F)(F)F)cc3)s1)[C@]1(OC2)O[C@H](C)[C@@H](O)[C@H](O)[C@H]1O. The van der Waals surface area contributed by atoms with Crippen molar-refractivity contribution in [1.29, 1.82) is 0 Å². The number of aliphatic hydroxyl groups is 3. The van der Waals surface area contributed by atoms with E-state index in [4.69, 9.17) is 9.47 Å². The molecule has 0 saturated carbocycles. The molecule has 186 valence electrons. The Morgan fingerprint density at radius 2 is 1.74 bits per heavy atom. The molecule has 0 bridgehead atoms. The zero-order chi connectivity index (χ0) is 25.1. The van der Waals surface area contributed by atoms with Crippen LogP contribution in [0.1, 0.15) is 39.6 Å². The average molecular weight is 507 g/mol. The van der Waals surface area contributed by atoms with Gasteiger partial charge < -0.3 is 24.8 Å². The van der Waals surface area contributed by atoms with Crippen LogP contribution in [0.5, 0.6) is 0 Å². The molecule has 2 aliphatic heterocycles. The second-order valence-electron chi connectivity index (χ2n) is 9.16. The fourth-order valence-electron chi connectivity index (χ4n) is 4.80. The zero-order valence-electron chi connectivity index (χ0n) is 19.0. The summed E-state index contributed by atoms with van der Waals surface area (Å²) in [5.74, 6) is -1.56. The van der Waals surface area contributed by atoms with Gasteiger partial charge in [0, 0.05) is 21.7 Å². The van der Waals surface area contributed by atoms with E-state index in [1.807, 2.05) is 31.2 Å². The molecule has 3 heterocycles. The first kappa shape index (κ1) is 24.4. The van der Waals surface area contributed by atoms with E-state index in [2.05, 4.69) is 0 Å². The van der Waals surface area contributed by atoms with E-state index in [-0.39, 0.29) is 6.61 Å². The average Bonchev–Trinajstić information content (AvgIpc) is 3.42. The summed E-state index contributed by atoms with van der Waals surface area (Å²) in [7, 11) is 0. The van der Waals surface area contributed by atoms with E-state index >= 15 is 0 Å². The first-order valence-electron chi connectivity index (χ1n) is 11.2. The quantitative estimate of drug-likeness (QED) is 0.487. The molecule has 3 aromatic rings. The van der Waals surface area contributed by atoms with Crippen molar-refractivity contribution in [3.8, 4) is 10.4 Å². The largest absolute Gasteiger partial charge is 0.416 e. The molecule has 0 aliphatic carbocycles. The van der Waals surface area contributed by atoms with Crippen molar-refractivity contribution in [1.82, 2.24) is 0 Å². The molecule has 1 aromatic heterocycles. The number of aryl methyl sites for hydroxylation is 1. The van der Waals surface area contributed by atoms with E-state index in [9.17, 15) is 28.5 Å². The highest BCUT2D eigenvalue weighted by Crippen LogP contribution is 2.47. The molecule has 2 aliphatic rings. The van der Waals surface area contributed by atoms with Crippen LogP contribution in [-0.2, 0) is 34.5 Å². The van der Waals surface area contributed by atoms with Gasteiger partial charge in [0.25, 0.3) is 0 Å². The number of hydrogen-bond donors (Lipinski definition) is 3. The van der Waals surface area contributed by atoms with Crippen LogP contribution in [0.2, 0.25) is 0 Å². The Balaban J connectivity index is 1.42. The fourth-order valence-corrected chi connectivity index (χ4v) is 5.83. The maximum Gasteiger partial charge on any atom is 0.416 e. The van der Waals surface area contributed by atoms with Gasteiger partial charge in [-0.05, 0) is 66.4 Å². The molecule has 1 fully saturated rings. The Morgan fingerprint density at radius 3 is 2.43 bits per heavy atom. The minimum atomic E-state index is -4.37. The topological polar surface area (TPSA) is 79.2 Å². The van der Waals surface area contributed by atoms with Crippen LogP contribution >= 0.6 is 11.3 Å². The first-order valence-corrected chi connectivity index (χ1v) is 12.1. The summed E-state index contributed by atoms with van der Waals surface area (Å²) in [6.07, 6.45) is -8.66. The lowest BCUT2D eigenvalue weighted by molar-refractivity contribution is -0.362. The minimum Gasteiger partial charge on any atom is -0.388 e. The zero-order valence-corrected chi connectivity index (χ0v) is 19.9. The third-order valence-corrected chi connectivity index (χ3v) is 7.94. The normalized spacial score (nSPS) is 28.5. The van der Waals surface area contributed by atoms with Crippen LogP contribution in [0.4, 0.5) is 13.2 Å². The summed E-state index contributed by atoms with van der Waals surface area (Å²) in [6, 6.07) is 12.8. The highest BCUT2D eigenvalue weighted by atomic mass is 32.1. The Labute approximate surface area is 204 Å². The summed E-state index contributed by atoms with van der Waals surface area (Å²) in [6.45, 7) is 3.80. The molecular formula is C26H25F3O5S. The predicted molar refractivity (Wildman–Crippen MR) is 124 cm³/mol. The highest BCUT2D eigenvalue weighted by Gasteiger charge is 2.57. The molecular weight excluding hydrogens is 481 g/mol. The Bertz CT molecular complexity index is 1240. The number of halogens is 3. The molecule has 5 rings (SSSR count). The number of hydrogen-bond acceptors (Lipinski definition) is 6. The van der Waals surface area contributed by atoms with Gasteiger partial charge >= 0.3 is 6.18 Å². The molecule has 5 atom stereocenters. The number of thiophene rings is 1. The molecule has 3 N–H and O–H groups in total. The number of aliphatic hydroxyl groups excluding tert-OH is 3. The molecule has 1 saturated heterocycles. The van der Waals surface area contributed by atoms with Gasteiger partial charge in [0.15, 0.2) is 0 Å². The highest BCUT2D eigenvalue weighted by molar-refractivity contribution is 7.15. The lowest BCUT2D eigenvalue weighted by Gasteiger charge is -2.45. The lowest BCUT2D eigenvalue weighted by atomic mass is 9.86. The molecule has 0 amide bonds. The van der Waals surface area contributed by atoms with Crippen molar-refractivity contribution in [2.24, 2.45) is 0 Å². The van der Waals surface area contributed by atoms with Crippen molar-refractivity contribution in [2.45, 2.75) is 63.3 Å². The number of benzene rings is 2. The van der Waals surface area contributed by atoms with Gasteiger partial charge in [-0.1, -0.05) is 18.2 Å². The molecule has 0 radical (unpaired) electrons. The monoisotopic (exact) mass is 506 g/mol. The van der Waals surface area contributed by atoms with Crippen molar-refractivity contribution >= 4 is 11.3 Å². The summed E-state index contributed by atoms with van der Waals surface area (Å²) < 4.78 is 50.4. The second kappa shape index (κ2) is 8.69. The van der Waals surface area contributed by atoms with Crippen LogP contribution < -0.4 is 0 Å². The van der Waals surface area contributed by atoms with Crippen molar-refractivity contribution < 1.29 is 38.0 Å². The van der Waals surface area contributed by atoms with Crippen LogP contribution in [0.15, 0.2) is 48.5 Å². The van der Waals surface area contributed by atoms with E-state index < -0.39 is 41.9 Å². The van der Waals surface area contributed by atoms with Gasteiger partial charge in [-0.2, -0.15) is 13.2 Å². The maximum atomic E-state index is 12.9. The van der Waals surface area contributed by atoms with E-state index in [0.717, 1.165) is 38.6 Å². The minimum absolute atomic E-state index is 0.208. The van der Waals surface area contributed by atoms with Crippen LogP contribution in [0.25, 0.3) is 10.4 Å². The smallest absolute Gasteiger partial charge is 0.388 e. The lowest BCUT2D eigenvalue weighted by Crippen LogP contribution is -2.62. The number of fused-ring (bicyclic) bond motifs is 2.